The number of alkyl halides is 1. The van der Waals surface area contributed by atoms with Crippen LogP contribution in [0.3, 0.4) is 0 Å². The Morgan fingerprint density at radius 3 is 1.67 bits per heavy atom. The molecule has 0 aliphatic heterocycles. The van der Waals surface area contributed by atoms with Gasteiger partial charge in [0, 0.05) is 0 Å². The standard InChI is InChI=1S/2C4H9.CH2Cl.ClH.Sn/c2*1-3-4-2;1-2;;/h2*1,3-4H2,2H3;1H2;1H;/q;;;;+1/p-1. The van der Waals surface area contributed by atoms with Crippen molar-refractivity contribution in [3.8, 4) is 0 Å². The van der Waals surface area contributed by atoms with Crippen LogP contribution in [-0.4, -0.2) is 21.1 Å². The number of hydrogen-bond acceptors (Lipinski definition) is 0. The zero-order chi connectivity index (χ0) is 9.45. The van der Waals surface area contributed by atoms with E-state index in [-0.39, 0.29) is 0 Å². The number of unbranched alkanes of at least 4 members (excludes halogenated alkanes) is 2. The molecule has 0 N–H and O–H groups in total. The summed E-state index contributed by atoms with van der Waals surface area (Å²) in [5, 5.41) is 0. The topological polar surface area (TPSA) is 0 Å². The molecular weight excluding hydrogens is 298 g/mol. The van der Waals surface area contributed by atoms with Gasteiger partial charge < -0.3 is 0 Å². The van der Waals surface area contributed by atoms with Gasteiger partial charge in [0.2, 0.25) is 0 Å². The molecule has 0 aromatic heterocycles. The molecule has 0 aromatic rings. The normalized spacial score (nSPS) is 12.0. The average molecular weight is 318 g/mol. The SMILES string of the molecule is CCC[CH2][Sn]([Cl])([CH2]Cl)[CH2]CCC. The van der Waals surface area contributed by atoms with Crippen LogP contribution in [-0.2, 0) is 0 Å². The van der Waals surface area contributed by atoms with Crippen molar-refractivity contribution in [3.05, 3.63) is 0 Å². The summed E-state index contributed by atoms with van der Waals surface area (Å²) in [6.45, 7) is 4.44. The summed E-state index contributed by atoms with van der Waals surface area (Å²) in [4.78, 5) is 0. The van der Waals surface area contributed by atoms with Crippen LogP contribution in [0.1, 0.15) is 39.5 Å². The first kappa shape index (κ1) is 13.4. The van der Waals surface area contributed by atoms with Gasteiger partial charge in [-0.1, -0.05) is 0 Å². The Kier molecular flexibility index (Phi) is 8.64. The van der Waals surface area contributed by atoms with Crippen LogP contribution in [0.25, 0.3) is 0 Å². The Balaban J connectivity index is 3.70. The third-order valence-corrected chi connectivity index (χ3v) is 18.5. The van der Waals surface area contributed by atoms with E-state index in [1.807, 2.05) is 0 Å². The molecule has 0 radical (unpaired) electrons. The van der Waals surface area contributed by atoms with Crippen LogP contribution < -0.4 is 0 Å². The van der Waals surface area contributed by atoms with E-state index < -0.39 is 17.3 Å². The summed E-state index contributed by atoms with van der Waals surface area (Å²) in [5.41, 5.74) is 0. The molecule has 0 bridgehead atoms. The average Bonchev–Trinajstić information content (AvgIpc) is 2.11. The number of hydrogen-bond donors (Lipinski definition) is 0. The minimum atomic E-state index is -2.25. The van der Waals surface area contributed by atoms with E-state index in [1.165, 1.54) is 34.6 Å². The second kappa shape index (κ2) is 7.75. The molecule has 12 heavy (non-hydrogen) atoms. The molecule has 0 aliphatic carbocycles. The van der Waals surface area contributed by atoms with Crippen LogP contribution in [0.4, 0.5) is 0 Å². The summed E-state index contributed by atoms with van der Waals surface area (Å²) in [7, 11) is 6.56. The third-order valence-electron chi connectivity index (χ3n) is 2.20. The molecule has 0 amide bonds. The summed E-state index contributed by atoms with van der Waals surface area (Å²) >= 11 is 3.69. The maximum absolute atomic E-state index is 6.56. The number of rotatable bonds is 7. The van der Waals surface area contributed by atoms with Crippen molar-refractivity contribution in [2.24, 2.45) is 0 Å². The molecule has 0 fully saturated rings. The Morgan fingerprint density at radius 2 is 1.42 bits per heavy atom. The van der Waals surface area contributed by atoms with Gasteiger partial charge in [0.25, 0.3) is 0 Å². The fourth-order valence-corrected chi connectivity index (χ4v) is 11.9. The Labute approximate surface area is 89.6 Å². The van der Waals surface area contributed by atoms with Gasteiger partial charge in [0.15, 0.2) is 0 Å². The van der Waals surface area contributed by atoms with Gasteiger partial charge in [-0.3, -0.25) is 0 Å². The first-order valence-corrected chi connectivity index (χ1v) is 15.1. The van der Waals surface area contributed by atoms with E-state index >= 15 is 0 Å². The molecule has 74 valence electrons. The predicted molar refractivity (Wildman–Crippen MR) is 61.8 cm³/mol. The molecule has 3 heteroatoms. The van der Waals surface area contributed by atoms with E-state index in [2.05, 4.69) is 13.8 Å². The quantitative estimate of drug-likeness (QED) is 0.477. The van der Waals surface area contributed by atoms with E-state index in [0.29, 0.717) is 0 Å². The molecule has 0 nitrogen and oxygen atoms in total. The van der Waals surface area contributed by atoms with Crippen LogP contribution in [0.2, 0.25) is 8.87 Å². The van der Waals surface area contributed by atoms with E-state index in [4.69, 9.17) is 20.5 Å². The van der Waals surface area contributed by atoms with Gasteiger partial charge in [-0.2, -0.15) is 0 Å². The Bertz CT molecular complexity index is 98.7. The monoisotopic (exact) mass is 318 g/mol. The maximum atomic E-state index is 6.56. The summed E-state index contributed by atoms with van der Waals surface area (Å²) in [6, 6.07) is 0. The molecule has 0 heterocycles. The van der Waals surface area contributed by atoms with Crippen molar-refractivity contribution in [1.82, 2.24) is 0 Å². The van der Waals surface area contributed by atoms with Crippen molar-refractivity contribution < 1.29 is 0 Å². The van der Waals surface area contributed by atoms with Crippen molar-refractivity contribution in [1.29, 1.82) is 0 Å². The molecular formula is C9H20Cl2Sn. The first-order chi connectivity index (χ1) is 5.68. The van der Waals surface area contributed by atoms with Crippen molar-refractivity contribution in [2.45, 2.75) is 48.4 Å². The van der Waals surface area contributed by atoms with Crippen LogP contribution in [0.15, 0.2) is 0 Å². The number of halogens is 2. The molecule has 0 unspecified atom stereocenters. The summed E-state index contributed by atoms with van der Waals surface area (Å²) < 4.78 is 3.35. The van der Waals surface area contributed by atoms with Gasteiger partial charge in [-0.25, -0.2) is 0 Å². The first-order valence-electron chi connectivity index (χ1n) is 4.93. The molecule has 0 atom stereocenters. The van der Waals surface area contributed by atoms with Gasteiger partial charge in [0.1, 0.15) is 0 Å². The van der Waals surface area contributed by atoms with Gasteiger partial charge in [-0.05, 0) is 0 Å². The molecule has 0 aromatic carbocycles. The molecule has 0 saturated carbocycles. The van der Waals surface area contributed by atoms with Gasteiger partial charge in [-0.15, -0.1) is 0 Å². The zero-order valence-corrected chi connectivity index (χ0v) is 12.6. The van der Waals surface area contributed by atoms with Crippen molar-refractivity contribution in [2.75, 3.05) is 3.90 Å². The van der Waals surface area contributed by atoms with Crippen molar-refractivity contribution >= 4 is 37.8 Å². The second-order valence-electron chi connectivity index (χ2n) is 3.49. The zero-order valence-electron chi connectivity index (χ0n) is 8.21. The van der Waals surface area contributed by atoms with E-state index in [1.54, 1.807) is 0 Å². The minimum absolute atomic E-state index is 0.802. The predicted octanol–water partition coefficient (Wildman–Crippen LogP) is 4.55. The Morgan fingerprint density at radius 1 is 1.00 bits per heavy atom. The third kappa shape index (κ3) is 5.93. The summed E-state index contributed by atoms with van der Waals surface area (Å²) in [5.74, 6) is 0. The second-order valence-corrected chi connectivity index (χ2v) is 20.8. The van der Waals surface area contributed by atoms with E-state index in [9.17, 15) is 0 Å². The van der Waals surface area contributed by atoms with E-state index in [0.717, 1.165) is 3.90 Å². The van der Waals surface area contributed by atoms with Crippen LogP contribution >= 0.6 is 20.5 Å². The fraction of sp³-hybridized carbons (Fsp3) is 1.00. The van der Waals surface area contributed by atoms with Crippen LogP contribution in [0, 0.1) is 0 Å². The van der Waals surface area contributed by atoms with Crippen LogP contribution in [0.5, 0.6) is 0 Å². The Hall–Kier alpha value is 1.38. The fourth-order valence-electron chi connectivity index (χ4n) is 1.25. The summed E-state index contributed by atoms with van der Waals surface area (Å²) in [6.07, 6.45) is 5.09. The molecule has 0 rings (SSSR count). The molecule has 0 saturated heterocycles. The molecule has 0 spiro atoms. The molecule has 0 aliphatic rings. The van der Waals surface area contributed by atoms with Gasteiger partial charge >= 0.3 is 90.1 Å². The van der Waals surface area contributed by atoms with Crippen molar-refractivity contribution in [3.63, 3.8) is 0 Å². The van der Waals surface area contributed by atoms with Gasteiger partial charge in [0.05, 0.1) is 0 Å².